The molecule has 6 heteroatoms. The molecule has 1 N–H and O–H groups in total. The number of rotatable bonds is 6. The van der Waals surface area contributed by atoms with Crippen molar-refractivity contribution in [3.8, 4) is 11.5 Å². The van der Waals surface area contributed by atoms with Crippen molar-refractivity contribution in [3.05, 3.63) is 53.3 Å². The van der Waals surface area contributed by atoms with Crippen molar-refractivity contribution in [2.24, 2.45) is 0 Å². The minimum Gasteiger partial charge on any atom is -0.492 e. The molecule has 0 spiro atoms. The average Bonchev–Trinajstić information content (AvgIpc) is 2.48. The van der Waals surface area contributed by atoms with Crippen LogP contribution >= 0.6 is 11.6 Å². The molecule has 0 aliphatic rings. The number of carbonyl (C=O) groups is 1. The van der Waals surface area contributed by atoms with Crippen LogP contribution < -0.4 is 14.8 Å². The topological polar surface area (TPSA) is 47.6 Å². The van der Waals surface area contributed by atoms with Gasteiger partial charge in [0.15, 0.2) is 6.61 Å². The van der Waals surface area contributed by atoms with Crippen molar-refractivity contribution in [1.82, 2.24) is 0 Å². The lowest BCUT2D eigenvalue weighted by Gasteiger charge is -2.12. The molecule has 2 rings (SSSR count). The molecular weight excluding hydrogens is 309 g/mol. The maximum absolute atomic E-state index is 12.9. The SMILES string of the molecule is CCOc1ccccc1NC(=O)COc1ccc(F)cc1Cl. The maximum Gasteiger partial charge on any atom is 0.262 e. The third-order valence-electron chi connectivity index (χ3n) is 2.71. The van der Waals surface area contributed by atoms with Gasteiger partial charge in [-0.05, 0) is 37.3 Å². The van der Waals surface area contributed by atoms with Crippen LogP contribution in [-0.2, 0) is 4.79 Å². The Kier molecular flexibility index (Phi) is 5.61. The number of hydrogen-bond donors (Lipinski definition) is 1. The number of anilines is 1. The standard InChI is InChI=1S/C16H15ClFNO3/c1-2-21-15-6-4-3-5-13(15)19-16(20)10-22-14-8-7-11(18)9-12(14)17/h3-9H,2,10H2,1H3,(H,19,20). The van der Waals surface area contributed by atoms with Crippen molar-refractivity contribution in [1.29, 1.82) is 0 Å². The van der Waals surface area contributed by atoms with Crippen LogP contribution in [0.25, 0.3) is 0 Å². The molecule has 1 amide bonds. The number of carbonyl (C=O) groups excluding carboxylic acids is 1. The van der Waals surface area contributed by atoms with Crippen LogP contribution in [-0.4, -0.2) is 19.1 Å². The van der Waals surface area contributed by atoms with E-state index in [-0.39, 0.29) is 23.3 Å². The number of halogens is 2. The van der Waals surface area contributed by atoms with Crippen LogP contribution in [0.3, 0.4) is 0 Å². The van der Waals surface area contributed by atoms with E-state index in [1.165, 1.54) is 12.1 Å². The zero-order chi connectivity index (χ0) is 15.9. The number of para-hydroxylation sites is 2. The van der Waals surface area contributed by atoms with Gasteiger partial charge in [0, 0.05) is 0 Å². The Balaban J connectivity index is 1.96. The summed E-state index contributed by atoms with van der Waals surface area (Å²) in [7, 11) is 0. The number of amides is 1. The first kappa shape index (κ1) is 16.1. The highest BCUT2D eigenvalue weighted by Crippen LogP contribution is 2.26. The minimum atomic E-state index is -0.465. The fourth-order valence-corrected chi connectivity index (χ4v) is 1.99. The van der Waals surface area contributed by atoms with Gasteiger partial charge >= 0.3 is 0 Å². The normalized spacial score (nSPS) is 10.1. The van der Waals surface area contributed by atoms with Gasteiger partial charge in [0.25, 0.3) is 5.91 Å². The minimum absolute atomic E-state index is 0.113. The second-order valence-electron chi connectivity index (χ2n) is 4.34. The quantitative estimate of drug-likeness (QED) is 0.877. The van der Waals surface area contributed by atoms with Crippen LogP contribution in [0.1, 0.15) is 6.92 Å². The molecule has 2 aromatic rings. The summed E-state index contributed by atoms with van der Waals surface area (Å²) < 4.78 is 23.6. The zero-order valence-corrected chi connectivity index (χ0v) is 12.7. The Morgan fingerprint density at radius 1 is 1.18 bits per heavy atom. The Labute approximate surface area is 132 Å². The van der Waals surface area contributed by atoms with Crippen LogP contribution in [0.5, 0.6) is 11.5 Å². The lowest BCUT2D eigenvalue weighted by atomic mass is 10.3. The molecule has 0 heterocycles. The molecule has 0 aliphatic carbocycles. The summed E-state index contributed by atoms with van der Waals surface area (Å²) in [5, 5.41) is 2.80. The van der Waals surface area contributed by atoms with E-state index in [2.05, 4.69) is 5.32 Å². The summed E-state index contributed by atoms with van der Waals surface area (Å²) in [5.41, 5.74) is 0.558. The largest absolute Gasteiger partial charge is 0.492 e. The molecule has 0 fully saturated rings. The lowest BCUT2D eigenvalue weighted by molar-refractivity contribution is -0.118. The summed E-state index contributed by atoms with van der Waals surface area (Å²) in [5.74, 6) is -0.00513. The van der Waals surface area contributed by atoms with Gasteiger partial charge in [0.05, 0.1) is 17.3 Å². The highest BCUT2D eigenvalue weighted by molar-refractivity contribution is 6.32. The van der Waals surface area contributed by atoms with Gasteiger partial charge in [-0.2, -0.15) is 0 Å². The van der Waals surface area contributed by atoms with Crippen molar-refractivity contribution in [3.63, 3.8) is 0 Å². The molecule has 4 nitrogen and oxygen atoms in total. The monoisotopic (exact) mass is 323 g/mol. The van der Waals surface area contributed by atoms with Gasteiger partial charge in [0.1, 0.15) is 17.3 Å². The second-order valence-corrected chi connectivity index (χ2v) is 4.75. The molecule has 0 saturated heterocycles. The van der Waals surface area contributed by atoms with Gasteiger partial charge in [-0.3, -0.25) is 4.79 Å². The smallest absolute Gasteiger partial charge is 0.262 e. The van der Waals surface area contributed by atoms with E-state index < -0.39 is 5.82 Å². The number of benzene rings is 2. The fraction of sp³-hybridized carbons (Fsp3) is 0.188. The van der Waals surface area contributed by atoms with E-state index in [0.29, 0.717) is 18.0 Å². The Hall–Kier alpha value is -2.27. The summed E-state index contributed by atoms with van der Waals surface area (Å²) in [6.07, 6.45) is 0. The molecule has 2 aromatic carbocycles. The highest BCUT2D eigenvalue weighted by atomic mass is 35.5. The van der Waals surface area contributed by atoms with Gasteiger partial charge in [-0.25, -0.2) is 4.39 Å². The Bertz CT molecular complexity index is 664. The average molecular weight is 324 g/mol. The maximum atomic E-state index is 12.9. The molecule has 0 aliphatic heterocycles. The van der Waals surface area contributed by atoms with Crippen molar-refractivity contribution in [2.75, 3.05) is 18.5 Å². The molecule has 116 valence electrons. The van der Waals surface area contributed by atoms with E-state index in [4.69, 9.17) is 21.1 Å². The molecular formula is C16H15ClFNO3. The van der Waals surface area contributed by atoms with Crippen molar-refractivity contribution < 1.29 is 18.7 Å². The summed E-state index contributed by atoms with van der Waals surface area (Å²) in [4.78, 5) is 11.9. The van der Waals surface area contributed by atoms with Gasteiger partial charge in [-0.15, -0.1) is 0 Å². The second kappa shape index (κ2) is 7.66. The molecule has 0 radical (unpaired) electrons. The Morgan fingerprint density at radius 2 is 1.95 bits per heavy atom. The van der Waals surface area contributed by atoms with Gasteiger partial charge in [0.2, 0.25) is 0 Å². The number of nitrogens with one attached hydrogen (secondary N) is 1. The fourth-order valence-electron chi connectivity index (χ4n) is 1.77. The summed E-state index contributed by atoms with van der Waals surface area (Å²) >= 11 is 5.82. The predicted octanol–water partition coefficient (Wildman–Crippen LogP) is 3.90. The van der Waals surface area contributed by atoms with Crippen molar-refractivity contribution >= 4 is 23.2 Å². The van der Waals surface area contributed by atoms with Gasteiger partial charge < -0.3 is 14.8 Å². The van der Waals surface area contributed by atoms with E-state index >= 15 is 0 Å². The number of ether oxygens (including phenoxy) is 2. The van der Waals surface area contributed by atoms with Gasteiger partial charge in [-0.1, -0.05) is 23.7 Å². The Morgan fingerprint density at radius 3 is 2.68 bits per heavy atom. The van der Waals surface area contributed by atoms with Crippen LogP contribution in [0.15, 0.2) is 42.5 Å². The zero-order valence-electron chi connectivity index (χ0n) is 11.9. The van der Waals surface area contributed by atoms with Crippen LogP contribution in [0.2, 0.25) is 5.02 Å². The summed E-state index contributed by atoms with van der Waals surface area (Å²) in [6.45, 7) is 2.11. The lowest BCUT2D eigenvalue weighted by Crippen LogP contribution is -2.20. The van der Waals surface area contributed by atoms with Crippen LogP contribution in [0.4, 0.5) is 10.1 Å². The molecule has 0 unspecified atom stereocenters. The van der Waals surface area contributed by atoms with E-state index in [1.807, 2.05) is 13.0 Å². The first-order chi connectivity index (χ1) is 10.6. The summed E-state index contributed by atoms with van der Waals surface area (Å²) in [6, 6.07) is 10.8. The third kappa shape index (κ3) is 4.36. The predicted molar refractivity (Wildman–Crippen MR) is 83.1 cm³/mol. The van der Waals surface area contributed by atoms with E-state index in [1.54, 1.807) is 18.2 Å². The van der Waals surface area contributed by atoms with Crippen molar-refractivity contribution in [2.45, 2.75) is 6.92 Å². The molecule has 0 saturated carbocycles. The third-order valence-corrected chi connectivity index (χ3v) is 3.01. The molecule has 22 heavy (non-hydrogen) atoms. The molecule has 0 atom stereocenters. The van der Waals surface area contributed by atoms with E-state index in [9.17, 15) is 9.18 Å². The first-order valence-electron chi connectivity index (χ1n) is 6.69. The van der Waals surface area contributed by atoms with Crippen LogP contribution in [0, 0.1) is 5.82 Å². The highest BCUT2D eigenvalue weighted by Gasteiger charge is 2.09. The van der Waals surface area contributed by atoms with E-state index in [0.717, 1.165) is 6.07 Å². The number of hydrogen-bond acceptors (Lipinski definition) is 3. The molecule has 0 bridgehead atoms. The first-order valence-corrected chi connectivity index (χ1v) is 7.07. The molecule has 0 aromatic heterocycles.